The topological polar surface area (TPSA) is 79.5 Å². The summed E-state index contributed by atoms with van der Waals surface area (Å²) >= 11 is 0. The Morgan fingerprint density at radius 3 is 2.28 bits per heavy atom. The number of nitriles is 1. The first-order chi connectivity index (χ1) is 11.7. The molecule has 0 aliphatic rings. The van der Waals surface area contributed by atoms with Crippen LogP contribution in [0.2, 0.25) is 0 Å². The lowest BCUT2D eigenvalue weighted by Gasteiger charge is -2.12. The molecule has 130 valence electrons. The van der Waals surface area contributed by atoms with Gasteiger partial charge in [-0.15, -0.1) is 0 Å². The Balaban J connectivity index is 2.17. The molecule has 2 aromatic carbocycles. The zero-order chi connectivity index (χ0) is 18.6. The van der Waals surface area contributed by atoms with Crippen LogP contribution in [0.15, 0.2) is 42.5 Å². The minimum atomic E-state index is -4.55. The Morgan fingerprint density at radius 1 is 1.16 bits per heavy atom. The van der Waals surface area contributed by atoms with E-state index in [0.717, 1.165) is 12.1 Å². The number of aliphatic carboxylic acids is 1. The van der Waals surface area contributed by atoms with Crippen LogP contribution in [0.5, 0.6) is 17.2 Å². The van der Waals surface area contributed by atoms with Gasteiger partial charge < -0.3 is 14.6 Å². The highest BCUT2D eigenvalue weighted by atomic mass is 19.4. The van der Waals surface area contributed by atoms with Gasteiger partial charge in [0.25, 0.3) is 0 Å². The van der Waals surface area contributed by atoms with Crippen LogP contribution in [0.3, 0.4) is 0 Å². The smallest absolute Gasteiger partial charge is 0.416 e. The highest BCUT2D eigenvalue weighted by Gasteiger charge is 2.31. The van der Waals surface area contributed by atoms with Crippen LogP contribution in [0.25, 0.3) is 0 Å². The van der Waals surface area contributed by atoms with E-state index in [1.54, 1.807) is 6.07 Å². The summed E-state index contributed by atoms with van der Waals surface area (Å²) in [6, 6.07) is 10.1. The van der Waals surface area contributed by atoms with E-state index < -0.39 is 23.8 Å². The lowest BCUT2D eigenvalue weighted by molar-refractivity contribution is -0.144. The Bertz CT molecular complexity index is 810. The van der Waals surface area contributed by atoms with Gasteiger partial charge in [-0.25, -0.2) is 4.79 Å². The van der Waals surface area contributed by atoms with Crippen molar-refractivity contribution in [3.8, 4) is 23.3 Å². The number of hydrogen-bond donors (Lipinski definition) is 1. The number of rotatable bonds is 5. The summed E-state index contributed by atoms with van der Waals surface area (Å²) in [7, 11) is 0. The number of carbonyl (C=O) groups is 1. The van der Waals surface area contributed by atoms with Crippen LogP contribution in [-0.2, 0) is 11.0 Å². The van der Waals surface area contributed by atoms with Crippen molar-refractivity contribution in [3.05, 3.63) is 53.6 Å². The largest absolute Gasteiger partial charge is 0.479 e. The van der Waals surface area contributed by atoms with Gasteiger partial charge >= 0.3 is 12.1 Å². The maximum Gasteiger partial charge on any atom is 0.416 e. The molecule has 0 aromatic heterocycles. The Morgan fingerprint density at radius 2 is 1.76 bits per heavy atom. The van der Waals surface area contributed by atoms with Crippen LogP contribution in [0, 0.1) is 11.3 Å². The normalized spacial score (nSPS) is 12.1. The third-order valence-electron chi connectivity index (χ3n) is 3.14. The summed E-state index contributed by atoms with van der Waals surface area (Å²) in [4.78, 5) is 10.7. The predicted molar refractivity (Wildman–Crippen MR) is 80.4 cm³/mol. The quantitative estimate of drug-likeness (QED) is 0.872. The molecular weight excluding hydrogens is 339 g/mol. The predicted octanol–water partition coefficient (Wildman–Crippen LogP) is 4.22. The number of alkyl halides is 3. The average molecular weight is 351 g/mol. The second-order valence-corrected chi connectivity index (χ2v) is 4.99. The van der Waals surface area contributed by atoms with Crippen molar-refractivity contribution in [3.63, 3.8) is 0 Å². The lowest BCUT2D eigenvalue weighted by Crippen LogP contribution is -2.22. The van der Waals surface area contributed by atoms with Gasteiger partial charge in [0.05, 0.1) is 11.1 Å². The van der Waals surface area contributed by atoms with E-state index in [0.29, 0.717) is 6.07 Å². The molecule has 2 rings (SSSR count). The molecule has 0 saturated heterocycles. The van der Waals surface area contributed by atoms with Crippen LogP contribution in [0.1, 0.15) is 18.1 Å². The number of carboxylic acid groups (broad SMARTS) is 1. The molecule has 0 radical (unpaired) electrons. The van der Waals surface area contributed by atoms with Gasteiger partial charge in [0.2, 0.25) is 0 Å². The van der Waals surface area contributed by atoms with E-state index in [2.05, 4.69) is 0 Å². The fourth-order valence-corrected chi connectivity index (χ4v) is 1.85. The number of nitrogens with zero attached hydrogens (tertiary/aromatic N) is 1. The van der Waals surface area contributed by atoms with Crippen LogP contribution in [0.4, 0.5) is 13.2 Å². The summed E-state index contributed by atoms with van der Waals surface area (Å²) in [5.74, 6) is -0.603. The first-order valence-electron chi connectivity index (χ1n) is 6.99. The molecule has 2 aromatic rings. The fraction of sp³-hybridized carbons (Fsp3) is 0.176. The molecule has 0 spiro atoms. The minimum absolute atomic E-state index is 0.0249. The van der Waals surface area contributed by atoms with E-state index in [1.165, 1.54) is 31.2 Å². The molecule has 1 atom stereocenters. The van der Waals surface area contributed by atoms with Crippen molar-refractivity contribution in [1.29, 1.82) is 5.26 Å². The number of ether oxygens (including phenoxy) is 2. The maximum absolute atomic E-state index is 12.7. The standard InChI is InChI=1S/C17H12F3NO4/c1-10(16(22)23)24-13-3-5-14(6-4-13)25-15-7-2-12(17(18,19)20)8-11(15)9-21/h2-8,10H,1H3,(H,22,23). The Hall–Kier alpha value is -3.21. The molecule has 8 heteroatoms. The van der Waals surface area contributed by atoms with Crippen molar-refractivity contribution in [2.24, 2.45) is 0 Å². The number of benzene rings is 2. The third-order valence-corrected chi connectivity index (χ3v) is 3.14. The molecule has 0 saturated carbocycles. The molecule has 0 heterocycles. The molecule has 1 N–H and O–H groups in total. The van der Waals surface area contributed by atoms with Gasteiger partial charge in [-0.1, -0.05) is 0 Å². The van der Waals surface area contributed by atoms with Crippen LogP contribution >= 0.6 is 0 Å². The van der Waals surface area contributed by atoms with Crippen molar-refractivity contribution in [2.75, 3.05) is 0 Å². The van der Waals surface area contributed by atoms with E-state index in [1.807, 2.05) is 0 Å². The van der Waals surface area contributed by atoms with E-state index in [-0.39, 0.29) is 22.8 Å². The summed E-state index contributed by atoms with van der Waals surface area (Å²) in [6.45, 7) is 1.37. The highest BCUT2D eigenvalue weighted by Crippen LogP contribution is 2.34. The highest BCUT2D eigenvalue weighted by molar-refractivity contribution is 5.72. The van der Waals surface area contributed by atoms with Gasteiger partial charge in [-0.2, -0.15) is 18.4 Å². The van der Waals surface area contributed by atoms with E-state index in [9.17, 15) is 18.0 Å². The number of hydrogen-bond acceptors (Lipinski definition) is 4. The zero-order valence-corrected chi connectivity index (χ0v) is 12.9. The van der Waals surface area contributed by atoms with Gasteiger partial charge in [-0.3, -0.25) is 0 Å². The maximum atomic E-state index is 12.7. The molecule has 0 amide bonds. The molecular formula is C17H12F3NO4. The Kier molecular flexibility index (Phi) is 5.17. The van der Waals surface area contributed by atoms with E-state index >= 15 is 0 Å². The molecule has 0 aliphatic heterocycles. The average Bonchev–Trinajstić information content (AvgIpc) is 2.55. The lowest BCUT2D eigenvalue weighted by atomic mass is 10.1. The number of halogens is 3. The van der Waals surface area contributed by atoms with Crippen LogP contribution < -0.4 is 9.47 Å². The molecule has 25 heavy (non-hydrogen) atoms. The fourth-order valence-electron chi connectivity index (χ4n) is 1.85. The summed E-state index contributed by atoms with van der Waals surface area (Å²) in [6.07, 6.45) is -5.59. The van der Waals surface area contributed by atoms with E-state index in [4.69, 9.17) is 19.8 Å². The molecule has 1 unspecified atom stereocenters. The molecule has 5 nitrogen and oxygen atoms in total. The monoisotopic (exact) mass is 351 g/mol. The molecule has 0 fully saturated rings. The van der Waals surface area contributed by atoms with Gasteiger partial charge in [0.1, 0.15) is 23.3 Å². The second kappa shape index (κ2) is 7.13. The zero-order valence-electron chi connectivity index (χ0n) is 12.9. The first kappa shape index (κ1) is 18.1. The first-order valence-corrected chi connectivity index (χ1v) is 6.99. The molecule has 0 bridgehead atoms. The summed E-state index contributed by atoms with van der Waals surface area (Å²) in [5, 5.41) is 17.8. The number of carboxylic acids is 1. The van der Waals surface area contributed by atoms with Crippen LogP contribution in [-0.4, -0.2) is 17.2 Å². The second-order valence-electron chi connectivity index (χ2n) is 4.99. The SMILES string of the molecule is CC(Oc1ccc(Oc2ccc(C(F)(F)F)cc2C#N)cc1)C(=O)O. The Labute approximate surface area is 140 Å². The summed E-state index contributed by atoms with van der Waals surface area (Å²) in [5.41, 5.74) is -1.20. The third kappa shape index (κ3) is 4.64. The van der Waals surface area contributed by atoms with Gasteiger partial charge in [-0.05, 0) is 49.4 Å². The molecule has 0 aliphatic carbocycles. The van der Waals surface area contributed by atoms with Crippen molar-refractivity contribution in [2.45, 2.75) is 19.2 Å². The van der Waals surface area contributed by atoms with Gasteiger partial charge in [0, 0.05) is 0 Å². The van der Waals surface area contributed by atoms with Crippen molar-refractivity contribution < 1.29 is 32.5 Å². The van der Waals surface area contributed by atoms with Gasteiger partial charge in [0.15, 0.2) is 6.10 Å². The van der Waals surface area contributed by atoms with Crippen molar-refractivity contribution in [1.82, 2.24) is 0 Å². The summed E-state index contributed by atoms with van der Waals surface area (Å²) < 4.78 is 48.5. The van der Waals surface area contributed by atoms with Crippen molar-refractivity contribution >= 4 is 5.97 Å². The minimum Gasteiger partial charge on any atom is -0.479 e.